The average molecular weight is 368 g/mol. The first-order valence-corrected chi connectivity index (χ1v) is 9.55. The molecule has 1 atom stereocenters. The Kier molecular flexibility index (Phi) is 6.79. The van der Waals surface area contributed by atoms with Crippen molar-refractivity contribution < 1.29 is 9.53 Å². The van der Waals surface area contributed by atoms with Crippen molar-refractivity contribution in [2.24, 2.45) is 0 Å². The van der Waals surface area contributed by atoms with E-state index in [-0.39, 0.29) is 11.9 Å². The van der Waals surface area contributed by atoms with Gasteiger partial charge in [0.1, 0.15) is 5.75 Å². The molecule has 6 nitrogen and oxygen atoms in total. The van der Waals surface area contributed by atoms with E-state index in [1.54, 1.807) is 0 Å². The molecule has 1 amide bonds. The summed E-state index contributed by atoms with van der Waals surface area (Å²) < 4.78 is 5.43. The first-order chi connectivity index (χ1) is 13.2. The molecular weight excluding hydrogens is 340 g/mol. The Morgan fingerprint density at radius 2 is 1.89 bits per heavy atom. The third-order valence-electron chi connectivity index (χ3n) is 4.88. The van der Waals surface area contributed by atoms with Crippen molar-refractivity contribution in [3.05, 3.63) is 54.4 Å². The lowest BCUT2D eigenvalue weighted by molar-refractivity contribution is -0.121. The van der Waals surface area contributed by atoms with Crippen LogP contribution >= 0.6 is 0 Å². The summed E-state index contributed by atoms with van der Waals surface area (Å²) in [4.78, 5) is 21.6. The maximum atomic E-state index is 12.6. The summed E-state index contributed by atoms with van der Waals surface area (Å²) in [5.41, 5.74) is 1.89. The number of benzene rings is 1. The second-order valence-corrected chi connectivity index (χ2v) is 6.76. The van der Waals surface area contributed by atoms with Crippen LogP contribution in [-0.2, 0) is 11.3 Å². The smallest absolute Gasteiger partial charge is 0.241 e. The summed E-state index contributed by atoms with van der Waals surface area (Å²) in [6.45, 7) is 9.06. The quantitative estimate of drug-likeness (QED) is 0.814. The Bertz CT molecular complexity index is 713. The predicted octanol–water partition coefficient (Wildman–Crippen LogP) is 2.63. The summed E-state index contributed by atoms with van der Waals surface area (Å²) in [5.74, 6) is 0.838. The fourth-order valence-corrected chi connectivity index (χ4v) is 3.24. The van der Waals surface area contributed by atoms with E-state index in [1.165, 1.54) is 0 Å². The zero-order valence-electron chi connectivity index (χ0n) is 16.1. The number of piperazine rings is 1. The van der Waals surface area contributed by atoms with Crippen molar-refractivity contribution in [2.75, 3.05) is 38.1 Å². The first kappa shape index (κ1) is 19.3. The van der Waals surface area contributed by atoms with Gasteiger partial charge in [-0.3, -0.25) is 19.6 Å². The molecule has 0 bridgehead atoms. The molecule has 6 heteroatoms. The lowest BCUT2D eigenvalue weighted by Crippen LogP contribution is -2.52. The van der Waals surface area contributed by atoms with Crippen LogP contribution in [0.1, 0.15) is 19.5 Å². The van der Waals surface area contributed by atoms with Gasteiger partial charge in [0.05, 0.1) is 18.3 Å². The van der Waals surface area contributed by atoms with Crippen LogP contribution in [0, 0.1) is 0 Å². The number of rotatable bonds is 7. The van der Waals surface area contributed by atoms with Gasteiger partial charge in [0, 0.05) is 44.6 Å². The van der Waals surface area contributed by atoms with Gasteiger partial charge in [-0.2, -0.15) is 0 Å². The van der Waals surface area contributed by atoms with E-state index in [2.05, 4.69) is 26.2 Å². The third kappa shape index (κ3) is 5.52. The van der Waals surface area contributed by atoms with Gasteiger partial charge in [0.2, 0.25) is 5.91 Å². The topological polar surface area (TPSA) is 57.7 Å². The van der Waals surface area contributed by atoms with Gasteiger partial charge < -0.3 is 10.1 Å². The summed E-state index contributed by atoms with van der Waals surface area (Å²) in [7, 11) is 0. The lowest BCUT2D eigenvalue weighted by atomic mass is 10.2. The van der Waals surface area contributed by atoms with Crippen molar-refractivity contribution in [3.63, 3.8) is 0 Å². The molecule has 144 valence electrons. The summed E-state index contributed by atoms with van der Waals surface area (Å²) >= 11 is 0. The fraction of sp³-hybridized carbons (Fsp3) is 0.429. The number of nitrogens with zero attached hydrogens (tertiary/aromatic N) is 3. The molecule has 0 spiro atoms. The number of amides is 1. The second-order valence-electron chi connectivity index (χ2n) is 6.76. The molecule has 1 fully saturated rings. The Labute approximate surface area is 161 Å². The van der Waals surface area contributed by atoms with Crippen molar-refractivity contribution in [1.29, 1.82) is 0 Å². The minimum Gasteiger partial charge on any atom is -0.494 e. The molecule has 2 aromatic rings. The minimum absolute atomic E-state index is 0.0253. The van der Waals surface area contributed by atoms with E-state index in [0.29, 0.717) is 6.61 Å². The SMILES string of the molecule is CCOc1ccc(NC(=O)C(C)N2CCN(Cc3ccccn3)CC2)cc1. The molecular formula is C21H28N4O2. The second kappa shape index (κ2) is 9.48. The van der Waals surface area contributed by atoms with Crippen molar-refractivity contribution in [1.82, 2.24) is 14.8 Å². The van der Waals surface area contributed by atoms with Crippen molar-refractivity contribution >= 4 is 11.6 Å². The average Bonchev–Trinajstić information content (AvgIpc) is 2.70. The van der Waals surface area contributed by atoms with E-state index in [1.807, 2.05) is 56.4 Å². The molecule has 1 aliphatic rings. The van der Waals surface area contributed by atoms with Gasteiger partial charge in [0.15, 0.2) is 0 Å². The van der Waals surface area contributed by atoms with Gasteiger partial charge in [0.25, 0.3) is 0 Å². The normalized spacial score (nSPS) is 16.7. The molecule has 1 aromatic heterocycles. The Balaban J connectivity index is 1.46. The van der Waals surface area contributed by atoms with Gasteiger partial charge in [-0.1, -0.05) is 6.07 Å². The van der Waals surface area contributed by atoms with Crippen LogP contribution in [0.3, 0.4) is 0 Å². The predicted molar refractivity (Wildman–Crippen MR) is 107 cm³/mol. The highest BCUT2D eigenvalue weighted by Crippen LogP contribution is 2.17. The monoisotopic (exact) mass is 368 g/mol. The van der Waals surface area contributed by atoms with Crippen molar-refractivity contribution in [3.8, 4) is 5.75 Å². The molecule has 1 unspecified atom stereocenters. The van der Waals surface area contributed by atoms with Crippen LogP contribution in [0.5, 0.6) is 5.75 Å². The summed E-state index contributed by atoms with van der Waals surface area (Å²) in [5, 5.41) is 3.00. The third-order valence-corrected chi connectivity index (χ3v) is 4.88. The van der Waals surface area contributed by atoms with Crippen molar-refractivity contribution in [2.45, 2.75) is 26.4 Å². The molecule has 27 heavy (non-hydrogen) atoms. The van der Waals surface area contributed by atoms with Gasteiger partial charge in [-0.15, -0.1) is 0 Å². The van der Waals surface area contributed by atoms with Crippen LogP contribution < -0.4 is 10.1 Å². The molecule has 1 saturated heterocycles. The number of hydrogen-bond donors (Lipinski definition) is 1. The molecule has 1 aliphatic heterocycles. The summed E-state index contributed by atoms with van der Waals surface area (Å²) in [6.07, 6.45) is 1.83. The highest BCUT2D eigenvalue weighted by atomic mass is 16.5. The highest BCUT2D eigenvalue weighted by molar-refractivity contribution is 5.94. The minimum atomic E-state index is -0.159. The number of ether oxygens (including phenoxy) is 1. The van der Waals surface area contributed by atoms with Crippen LogP contribution in [-0.4, -0.2) is 59.5 Å². The maximum Gasteiger partial charge on any atom is 0.241 e. The van der Waals surface area contributed by atoms with Crippen LogP contribution in [0.2, 0.25) is 0 Å². The van der Waals surface area contributed by atoms with E-state index in [4.69, 9.17) is 4.74 Å². The Hall–Kier alpha value is -2.44. The number of carbonyl (C=O) groups is 1. The van der Waals surface area contributed by atoms with E-state index in [9.17, 15) is 4.79 Å². The zero-order valence-corrected chi connectivity index (χ0v) is 16.1. The number of aromatic nitrogens is 1. The van der Waals surface area contributed by atoms with Crippen LogP contribution in [0.15, 0.2) is 48.7 Å². The maximum absolute atomic E-state index is 12.6. The van der Waals surface area contributed by atoms with E-state index in [0.717, 1.165) is 49.9 Å². The number of carbonyl (C=O) groups excluding carboxylic acids is 1. The highest BCUT2D eigenvalue weighted by Gasteiger charge is 2.25. The molecule has 2 heterocycles. The van der Waals surface area contributed by atoms with E-state index >= 15 is 0 Å². The molecule has 0 aliphatic carbocycles. The van der Waals surface area contributed by atoms with Gasteiger partial charge in [-0.25, -0.2) is 0 Å². The molecule has 0 saturated carbocycles. The molecule has 0 radical (unpaired) electrons. The molecule has 3 rings (SSSR count). The number of pyridine rings is 1. The number of nitrogens with one attached hydrogen (secondary N) is 1. The van der Waals surface area contributed by atoms with Gasteiger partial charge >= 0.3 is 0 Å². The zero-order chi connectivity index (χ0) is 19.1. The first-order valence-electron chi connectivity index (χ1n) is 9.55. The van der Waals surface area contributed by atoms with E-state index < -0.39 is 0 Å². The Morgan fingerprint density at radius 1 is 1.15 bits per heavy atom. The number of anilines is 1. The van der Waals surface area contributed by atoms with Gasteiger partial charge in [-0.05, 0) is 50.2 Å². The molecule has 1 aromatic carbocycles. The largest absolute Gasteiger partial charge is 0.494 e. The molecule has 1 N–H and O–H groups in total. The summed E-state index contributed by atoms with van der Waals surface area (Å²) in [6, 6.07) is 13.4. The fourth-order valence-electron chi connectivity index (χ4n) is 3.24. The van der Waals surface area contributed by atoms with Crippen LogP contribution in [0.25, 0.3) is 0 Å². The standard InChI is InChI=1S/C21H28N4O2/c1-3-27-20-9-7-18(8-10-20)23-21(26)17(2)25-14-12-24(13-15-25)16-19-6-4-5-11-22-19/h4-11,17H,3,12-16H2,1-2H3,(H,23,26). The Morgan fingerprint density at radius 3 is 2.52 bits per heavy atom. The lowest BCUT2D eigenvalue weighted by Gasteiger charge is -2.37. The number of hydrogen-bond acceptors (Lipinski definition) is 5. The van der Waals surface area contributed by atoms with Crippen LogP contribution in [0.4, 0.5) is 5.69 Å².